The van der Waals surface area contributed by atoms with Gasteiger partial charge in [0.05, 0.1) is 0 Å². The zero-order valence-electron chi connectivity index (χ0n) is 12.0. The molecule has 3 aromatic rings. The molecule has 3 heteroatoms. The minimum atomic E-state index is -0.315. The number of nitrogens with one attached hydrogen (secondary N) is 1. The Morgan fingerprint density at radius 1 is 1.10 bits per heavy atom. The van der Waals surface area contributed by atoms with Gasteiger partial charge in [0, 0.05) is 28.2 Å². The van der Waals surface area contributed by atoms with Crippen LogP contribution >= 0.6 is 0 Å². The Morgan fingerprint density at radius 3 is 2.48 bits per heavy atom. The molecular formula is C18H16FNO. The molecule has 106 valence electrons. The third-order valence-corrected chi connectivity index (χ3v) is 3.73. The fraction of sp³-hybridized carbons (Fsp3) is 0.167. The van der Waals surface area contributed by atoms with E-state index in [1.165, 1.54) is 17.7 Å². The number of benzene rings is 2. The summed E-state index contributed by atoms with van der Waals surface area (Å²) in [4.78, 5) is 15.5. The van der Waals surface area contributed by atoms with Crippen LogP contribution in [0.4, 0.5) is 4.39 Å². The van der Waals surface area contributed by atoms with Crippen molar-refractivity contribution in [1.29, 1.82) is 0 Å². The Hall–Kier alpha value is -2.42. The van der Waals surface area contributed by atoms with E-state index in [9.17, 15) is 9.18 Å². The normalized spacial score (nSPS) is 11.2. The number of H-pyrrole nitrogens is 1. The van der Waals surface area contributed by atoms with E-state index in [-0.39, 0.29) is 11.6 Å². The number of hydrogen-bond donors (Lipinski definition) is 1. The molecule has 0 radical (unpaired) electrons. The summed E-state index contributed by atoms with van der Waals surface area (Å²) in [6.45, 7) is 4.23. The lowest BCUT2D eigenvalue weighted by Crippen LogP contribution is -2.00. The van der Waals surface area contributed by atoms with Gasteiger partial charge in [-0.05, 0) is 29.7 Å². The molecule has 0 spiro atoms. The first-order chi connectivity index (χ1) is 10.1. The van der Waals surface area contributed by atoms with Crippen molar-refractivity contribution in [3.8, 4) is 0 Å². The lowest BCUT2D eigenvalue weighted by atomic mass is 9.98. The Kier molecular flexibility index (Phi) is 3.34. The molecule has 1 heterocycles. The molecule has 0 fully saturated rings. The molecule has 0 aliphatic heterocycles. The van der Waals surface area contributed by atoms with Crippen LogP contribution in [0.15, 0.2) is 48.7 Å². The quantitative estimate of drug-likeness (QED) is 0.696. The van der Waals surface area contributed by atoms with E-state index in [1.807, 2.05) is 24.3 Å². The van der Waals surface area contributed by atoms with Crippen molar-refractivity contribution >= 4 is 16.7 Å². The van der Waals surface area contributed by atoms with Gasteiger partial charge < -0.3 is 4.98 Å². The van der Waals surface area contributed by atoms with Gasteiger partial charge in [0.15, 0.2) is 5.78 Å². The first-order valence-electron chi connectivity index (χ1n) is 6.97. The van der Waals surface area contributed by atoms with Crippen LogP contribution in [0.5, 0.6) is 0 Å². The van der Waals surface area contributed by atoms with Crippen LogP contribution in [-0.4, -0.2) is 10.8 Å². The molecule has 0 saturated heterocycles. The van der Waals surface area contributed by atoms with Crippen LogP contribution in [0, 0.1) is 5.82 Å². The van der Waals surface area contributed by atoms with E-state index in [0.717, 1.165) is 5.39 Å². The van der Waals surface area contributed by atoms with Gasteiger partial charge in [-0.1, -0.05) is 38.1 Å². The predicted molar refractivity (Wildman–Crippen MR) is 82.2 cm³/mol. The summed E-state index contributed by atoms with van der Waals surface area (Å²) in [7, 11) is 0. The Balaban J connectivity index is 2.00. The molecular weight excluding hydrogens is 265 g/mol. The minimum Gasteiger partial charge on any atom is -0.360 e. The maximum atomic E-state index is 13.2. The van der Waals surface area contributed by atoms with Gasteiger partial charge in [0.1, 0.15) is 5.82 Å². The topological polar surface area (TPSA) is 32.9 Å². The lowest BCUT2D eigenvalue weighted by molar-refractivity contribution is 0.104. The fourth-order valence-electron chi connectivity index (χ4n) is 2.46. The standard InChI is InChI=1S/C18H16FNO/c1-11(2)12-3-5-13(6-4-12)18(21)16-10-20-17-9-14(19)7-8-15(16)17/h3-11,20H,1-2H3. The summed E-state index contributed by atoms with van der Waals surface area (Å²) >= 11 is 0. The first kappa shape index (κ1) is 13.6. The Labute approximate surface area is 122 Å². The van der Waals surface area contributed by atoms with Gasteiger partial charge in [-0.2, -0.15) is 0 Å². The van der Waals surface area contributed by atoms with Crippen molar-refractivity contribution < 1.29 is 9.18 Å². The highest BCUT2D eigenvalue weighted by molar-refractivity contribution is 6.16. The predicted octanol–water partition coefficient (Wildman–Crippen LogP) is 4.66. The zero-order valence-corrected chi connectivity index (χ0v) is 12.0. The third kappa shape index (κ3) is 2.47. The van der Waals surface area contributed by atoms with Crippen LogP contribution < -0.4 is 0 Å². The SMILES string of the molecule is CC(C)c1ccc(C(=O)c2c[nH]c3cc(F)ccc23)cc1. The van der Waals surface area contributed by atoms with Crippen LogP contribution in [0.2, 0.25) is 0 Å². The van der Waals surface area contributed by atoms with Gasteiger partial charge in [-0.25, -0.2) is 4.39 Å². The number of carbonyl (C=O) groups is 1. The molecule has 2 aromatic carbocycles. The number of hydrogen-bond acceptors (Lipinski definition) is 1. The molecule has 0 bridgehead atoms. The summed E-state index contributed by atoms with van der Waals surface area (Å²) in [5, 5.41) is 0.745. The van der Waals surface area contributed by atoms with Crippen molar-refractivity contribution in [3.05, 3.63) is 71.2 Å². The Morgan fingerprint density at radius 2 is 1.81 bits per heavy atom. The van der Waals surface area contributed by atoms with Gasteiger partial charge in [-0.15, -0.1) is 0 Å². The molecule has 0 aliphatic carbocycles. The van der Waals surface area contributed by atoms with E-state index in [4.69, 9.17) is 0 Å². The number of rotatable bonds is 3. The fourth-order valence-corrected chi connectivity index (χ4v) is 2.46. The molecule has 3 rings (SSSR count). The monoisotopic (exact) mass is 281 g/mol. The summed E-state index contributed by atoms with van der Waals surface area (Å²) in [5.41, 5.74) is 3.05. The number of halogens is 1. The molecule has 0 amide bonds. The molecule has 1 N–H and O–H groups in total. The highest BCUT2D eigenvalue weighted by Gasteiger charge is 2.14. The number of carbonyl (C=O) groups excluding carboxylic acids is 1. The van der Waals surface area contributed by atoms with Gasteiger partial charge in [0.2, 0.25) is 0 Å². The molecule has 1 aromatic heterocycles. The first-order valence-corrected chi connectivity index (χ1v) is 6.97. The van der Waals surface area contributed by atoms with Crippen LogP contribution in [0.1, 0.15) is 41.3 Å². The van der Waals surface area contributed by atoms with Gasteiger partial charge >= 0.3 is 0 Å². The van der Waals surface area contributed by atoms with Crippen LogP contribution in [0.25, 0.3) is 10.9 Å². The second-order valence-corrected chi connectivity index (χ2v) is 5.50. The van der Waals surface area contributed by atoms with E-state index >= 15 is 0 Å². The minimum absolute atomic E-state index is 0.0526. The van der Waals surface area contributed by atoms with Crippen molar-refractivity contribution in [3.63, 3.8) is 0 Å². The van der Waals surface area contributed by atoms with E-state index in [2.05, 4.69) is 18.8 Å². The number of fused-ring (bicyclic) bond motifs is 1. The highest BCUT2D eigenvalue weighted by atomic mass is 19.1. The average Bonchev–Trinajstić information content (AvgIpc) is 2.89. The maximum absolute atomic E-state index is 13.2. The van der Waals surface area contributed by atoms with E-state index < -0.39 is 0 Å². The average molecular weight is 281 g/mol. The van der Waals surface area contributed by atoms with E-state index in [1.54, 1.807) is 12.3 Å². The molecule has 0 unspecified atom stereocenters. The molecule has 2 nitrogen and oxygen atoms in total. The maximum Gasteiger partial charge on any atom is 0.195 e. The lowest BCUT2D eigenvalue weighted by Gasteiger charge is -2.06. The van der Waals surface area contributed by atoms with Crippen molar-refractivity contribution in [2.24, 2.45) is 0 Å². The largest absolute Gasteiger partial charge is 0.360 e. The molecule has 0 aliphatic rings. The van der Waals surface area contributed by atoms with Crippen molar-refractivity contribution in [1.82, 2.24) is 4.98 Å². The van der Waals surface area contributed by atoms with Gasteiger partial charge in [-0.3, -0.25) is 4.79 Å². The molecule has 0 atom stereocenters. The number of aromatic nitrogens is 1. The third-order valence-electron chi connectivity index (χ3n) is 3.73. The Bertz CT molecular complexity index is 800. The highest BCUT2D eigenvalue weighted by Crippen LogP contribution is 2.23. The van der Waals surface area contributed by atoms with Crippen molar-refractivity contribution in [2.75, 3.05) is 0 Å². The summed E-state index contributed by atoms with van der Waals surface area (Å²) < 4.78 is 13.2. The summed E-state index contributed by atoms with van der Waals surface area (Å²) in [5.74, 6) is 0.0676. The second kappa shape index (κ2) is 5.17. The van der Waals surface area contributed by atoms with Gasteiger partial charge in [0.25, 0.3) is 0 Å². The number of ketones is 1. The smallest absolute Gasteiger partial charge is 0.195 e. The second-order valence-electron chi connectivity index (χ2n) is 5.50. The molecule has 0 saturated carbocycles. The van der Waals surface area contributed by atoms with E-state index in [0.29, 0.717) is 22.6 Å². The summed E-state index contributed by atoms with van der Waals surface area (Å²) in [6, 6.07) is 12.1. The summed E-state index contributed by atoms with van der Waals surface area (Å²) in [6.07, 6.45) is 1.64. The zero-order chi connectivity index (χ0) is 15.0. The van der Waals surface area contributed by atoms with Crippen LogP contribution in [-0.2, 0) is 0 Å². The van der Waals surface area contributed by atoms with Crippen molar-refractivity contribution in [2.45, 2.75) is 19.8 Å². The van der Waals surface area contributed by atoms with Crippen LogP contribution in [0.3, 0.4) is 0 Å². The molecule has 21 heavy (non-hydrogen) atoms. The number of aromatic amines is 1.